The SMILES string of the molecule is CC[C@@H]1[C@]2(C)C=C(C)C=C(C)[C@@H]2[C@]1(C)c1oc(OC)c(C)c(=O)c1C. The van der Waals surface area contributed by atoms with E-state index in [-0.39, 0.29) is 16.3 Å². The Morgan fingerprint density at radius 2 is 1.80 bits per heavy atom. The molecule has 0 unspecified atom stereocenters. The van der Waals surface area contributed by atoms with Crippen LogP contribution >= 0.6 is 0 Å². The Morgan fingerprint density at radius 3 is 2.36 bits per heavy atom. The fourth-order valence-electron chi connectivity index (χ4n) is 6.31. The Balaban J connectivity index is 2.26. The van der Waals surface area contributed by atoms with Gasteiger partial charge in [0.1, 0.15) is 5.76 Å². The lowest BCUT2D eigenvalue weighted by Gasteiger charge is -2.67. The van der Waals surface area contributed by atoms with Gasteiger partial charge in [0.25, 0.3) is 5.95 Å². The molecular weight excluding hydrogens is 312 g/mol. The Labute approximate surface area is 150 Å². The van der Waals surface area contributed by atoms with Crippen molar-refractivity contribution in [1.29, 1.82) is 0 Å². The number of allylic oxidation sites excluding steroid dienone is 4. The van der Waals surface area contributed by atoms with Gasteiger partial charge in [0, 0.05) is 16.9 Å². The summed E-state index contributed by atoms with van der Waals surface area (Å²) < 4.78 is 11.6. The molecule has 0 N–H and O–H groups in total. The number of hydrogen-bond donors (Lipinski definition) is 0. The highest BCUT2D eigenvalue weighted by Gasteiger charge is 2.67. The molecule has 0 bridgehead atoms. The highest BCUT2D eigenvalue weighted by molar-refractivity contribution is 5.47. The van der Waals surface area contributed by atoms with Gasteiger partial charge in [-0.3, -0.25) is 4.79 Å². The van der Waals surface area contributed by atoms with Crippen molar-refractivity contribution in [2.24, 2.45) is 17.3 Å². The zero-order chi connectivity index (χ0) is 18.7. The van der Waals surface area contributed by atoms with Gasteiger partial charge in [-0.2, -0.15) is 0 Å². The van der Waals surface area contributed by atoms with Crippen LogP contribution < -0.4 is 10.2 Å². The van der Waals surface area contributed by atoms with Crippen LogP contribution in [0.3, 0.4) is 0 Å². The Hall–Kier alpha value is -1.77. The van der Waals surface area contributed by atoms with E-state index in [1.54, 1.807) is 14.0 Å². The fourth-order valence-corrected chi connectivity index (χ4v) is 6.31. The lowest BCUT2D eigenvalue weighted by Crippen LogP contribution is -2.65. The first-order valence-electron chi connectivity index (χ1n) is 9.19. The molecule has 1 fully saturated rings. The van der Waals surface area contributed by atoms with Crippen LogP contribution in [0, 0.1) is 31.1 Å². The average Bonchev–Trinajstić information content (AvgIpc) is 2.51. The third-order valence-corrected chi connectivity index (χ3v) is 6.75. The maximum absolute atomic E-state index is 12.8. The van der Waals surface area contributed by atoms with Gasteiger partial charge in [-0.25, -0.2) is 0 Å². The normalized spacial score (nSPS) is 33.9. The first kappa shape index (κ1) is 18.0. The summed E-state index contributed by atoms with van der Waals surface area (Å²) in [5.74, 6) is 1.90. The maximum Gasteiger partial charge on any atom is 0.291 e. The standard InChI is InChI=1S/C22H30O3/c1-9-16-21(6)11-12(2)10-13(3)18(21)22(16,7)19-14(4)17(23)15(5)20(24-8)25-19/h10-11,16,18H,9H2,1-8H3/t16-,18+,21+,22-/m1/s1. The molecule has 4 atom stereocenters. The summed E-state index contributed by atoms with van der Waals surface area (Å²) in [5, 5.41) is 0. The molecule has 0 aliphatic heterocycles. The number of rotatable bonds is 3. The molecule has 2 aliphatic carbocycles. The predicted octanol–water partition coefficient (Wildman–Crippen LogP) is 5.09. The van der Waals surface area contributed by atoms with Crippen molar-refractivity contribution in [3.8, 4) is 5.95 Å². The molecule has 2 aliphatic rings. The van der Waals surface area contributed by atoms with Crippen LogP contribution in [0.1, 0.15) is 57.9 Å². The van der Waals surface area contributed by atoms with E-state index in [1.165, 1.54) is 11.1 Å². The molecule has 3 heteroatoms. The van der Waals surface area contributed by atoms with Crippen molar-refractivity contribution >= 4 is 0 Å². The van der Waals surface area contributed by atoms with Crippen LogP contribution in [-0.2, 0) is 5.41 Å². The number of ether oxygens (including phenoxy) is 1. The minimum absolute atomic E-state index is 0.0342. The Bertz CT molecular complexity index is 842. The summed E-state index contributed by atoms with van der Waals surface area (Å²) in [4.78, 5) is 12.8. The summed E-state index contributed by atoms with van der Waals surface area (Å²) in [6, 6.07) is 0. The van der Waals surface area contributed by atoms with Crippen molar-refractivity contribution < 1.29 is 9.15 Å². The van der Waals surface area contributed by atoms with Gasteiger partial charge in [0.2, 0.25) is 0 Å². The molecular formula is C22H30O3. The van der Waals surface area contributed by atoms with Crippen molar-refractivity contribution in [3.63, 3.8) is 0 Å². The largest absolute Gasteiger partial charge is 0.468 e. The Kier molecular flexibility index (Phi) is 4.05. The van der Waals surface area contributed by atoms with E-state index in [9.17, 15) is 4.79 Å². The number of methoxy groups -OCH3 is 1. The molecule has 0 amide bonds. The monoisotopic (exact) mass is 342 g/mol. The van der Waals surface area contributed by atoms with Gasteiger partial charge in [0.05, 0.1) is 12.7 Å². The van der Waals surface area contributed by atoms with E-state index >= 15 is 0 Å². The summed E-state index contributed by atoms with van der Waals surface area (Å²) >= 11 is 0. The van der Waals surface area contributed by atoms with E-state index in [2.05, 4.69) is 46.8 Å². The molecule has 0 spiro atoms. The minimum Gasteiger partial charge on any atom is -0.468 e. The molecule has 1 saturated carbocycles. The van der Waals surface area contributed by atoms with E-state index in [4.69, 9.17) is 9.15 Å². The second kappa shape index (κ2) is 5.62. The van der Waals surface area contributed by atoms with Crippen molar-refractivity contribution in [3.05, 3.63) is 50.4 Å². The smallest absolute Gasteiger partial charge is 0.291 e. The fraction of sp³-hybridized carbons (Fsp3) is 0.591. The van der Waals surface area contributed by atoms with Crippen LogP contribution in [-0.4, -0.2) is 7.11 Å². The predicted molar refractivity (Wildman–Crippen MR) is 101 cm³/mol. The highest BCUT2D eigenvalue weighted by Crippen LogP contribution is 2.70. The van der Waals surface area contributed by atoms with Gasteiger partial charge < -0.3 is 9.15 Å². The van der Waals surface area contributed by atoms with E-state index in [0.29, 0.717) is 23.3 Å². The minimum atomic E-state index is -0.203. The first-order chi connectivity index (χ1) is 11.6. The molecule has 1 aromatic rings. The molecule has 136 valence electrons. The lowest BCUT2D eigenvalue weighted by atomic mass is 9.36. The molecule has 1 heterocycles. The molecule has 0 radical (unpaired) electrons. The second-order valence-corrected chi connectivity index (χ2v) is 8.32. The van der Waals surface area contributed by atoms with Crippen molar-refractivity contribution in [1.82, 2.24) is 0 Å². The van der Waals surface area contributed by atoms with E-state index < -0.39 is 0 Å². The van der Waals surface area contributed by atoms with Crippen LogP contribution in [0.25, 0.3) is 0 Å². The third kappa shape index (κ3) is 2.14. The summed E-state index contributed by atoms with van der Waals surface area (Å²) in [5.41, 5.74) is 3.91. The highest BCUT2D eigenvalue weighted by atomic mass is 16.6. The quantitative estimate of drug-likeness (QED) is 0.768. The molecule has 0 aromatic carbocycles. The summed E-state index contributed by atoms with van der Waals surface area (Å²) in [6.07, 6.45) is 5.73. The van der Waals surface area contributed by atoms with Crippen LogP contribution in [0.4, 0.5) is 0 Å². The topological polar surface area (TPSA) is 39.4 Å². The molecule has 25 heavy (non-hydrogen) atoms. The van der Waals surface area contributed by atoms with Gasteiger partial charge in [0.15, 0.2) is 5.43 Å². The third-order valence-electron chi connectivity index (χ3n) is 6.75. The number of fused-ring (bicyclic) bond motifs is 1. The maximum atomic E-state index is 12.8. The molecule has 0 saturated heterocycles. The van der Waals surface area contributed by atoms with Gasteiger partial charge in [-0.1, -0.05) is 50.5 Å². The van der Waals surface area contributed by atoms with Gasteiger partial charge in [-0.15, -0.1) is 0 Å². The Morgan fingerprint density at radius 1 is 1.16 bits per heavy atom. The summed E-state index contributed by atoms with van der Waals surface area (Å²) in [6.45, 7) is 14.9. The zero-order valence-corrected chi connectivity index (χ0v) is 16.7. The van der Waals surface area contributed by atoms with Gasteiger partial charge >= 0.3 is 0 Å². The van der Waals surface area contributed by atoms with Gasteiger partial charge in [-0.05, 0) is 39.0 Å². The second-order valence-electron chi connectivity index (χ2n) is 8.32. The van der Waals surface area contributed by atoms with Crippen molar-refractivity contribution in [2.45, 2.75) is 60.3 Å². The molecule has 3 rings (SSSR count). The molecule has 3 nitrogen and oxygen atoms in total. The van der Waals surface area contributed by atoms with Crippen LogP contribution in [0.5, 0.6) is 5.95 Å². The van der Waals surface area contributed by atoms with E-state index in [0.717, 1.165) is 17.7 Å². The number of hydrogen-bond acceptors (Lipinski definition) is 3. The lowest BCUT2D eigenvalue weighted by molar-refractivity contribution is -0.0915. The average molecular weight is 342 g/mol. The van der Waals surface area contributed by atoms with E-state index in [1.807, 2.05) is 6.92 Å². The van der Waals surface area contributed by atoms with Crippen molar-refractivity contribution in [2.75, 3.05) is 7.11 Å². The molecule has 1 aromatic heterocycles. The summed E-state index contributed by atoms with van der Waals surface area (Å²) in [7, 11) is 1.56. The van der Waals surface area contributed by atoms with Crippen LogP contribution in [0.15, 0.2) is 32.5 Å². The zero-order valence-electron chi connectivity index (χ0n) is 16.7. The first-order valence-corrected chi connectivity index (χ1v) is 9.19. The van der Waals surface area contributed by atoms with Crippen LogP contribution in [0.2, 0.25) is 0 Å².